The Labute approximate surface area is 161 Å². The molecule has 7 heteroatoms. The lowest BCUT2D eigenvalue weighted by Crippen LogP contribution is -2.39. The topological polar surface area (TPSA) is 66.9 Å². The highest BCUT2D eigenvalue weighted by Crippen LogP contribution is 2.22. The van der Waals surface area contributed by atoms with E-state index in [1.807, 2.05) is 37.3 Å². The predicted octanol–water partition coefficient (Wildman–Crippen LogP) is 2.90. The lowest BCUT2D eigenvalue weighted by Gasteiger charge is -2.24. The number of likely N-dealkylation sites (N-methyl/N-ethyl adjacent to an activating group) is 1. The van der Waals surface area contributed by atoms with Gasteiger partial charge in [0.15, 0.2) is 6.10 Å². The number of benzene rings is 2. The smallest absolute Gasteiger partial charge is 0.263 e. The highest BCUT2D eigenvalue weighted by atomic mass is 32.2. The number of carbonyl (C=O) groups is 1. The van der Waals surface area contributed by atoms with Crippen molar-refractivity contribution < 1.29 is 17.9 Å². The molecule has 2 rings (SSSR count). The van der Waals surface area contributed by atoms with Crippen LogP contribution in [0.25, 0.3) is 0 Å². The van der Waals surface area contributed by atoms with Gasteiger partial charge in [-0.05, 0) is 36.2 Å². The Morgan fingerprint density at radius 2 is 1.63 bits per heavy atom. The largest absolute Gasteiger partial charge is 0.481 e. The Morgan fingerprint density at radius 1 is 1.04 bits per heavy atom. The van der Waals surface area contributed by atoms with Crippen LogP contribution in [0, 0.1) is 0 Å². The molecule has 146 valence electrons. The van der Waals surface area contributed by atoms with Crippen LogP contribution in [-0.4, -0.2) is 45.7 Å². The van der Waals surface area contributed by atoms with E-state index in [1.165, 1.54) is 11.4 Å². The van der Waals surface area contributed by atoms with Crippen molar-refractivity contribution in [1.82, 2.24) is 4.90 Å². The summed E-state index contributed by atoms with van der Waals surface area (Å²) in [5.41, 5.74) is 1.58. The van der Waals surface area contributed by atoms with E-state index in [1.54, 1.807) is 36.2 Å². The molecule has 0 aliphatic heterocycles. The third-order valence-corrected chi connectivity index (χ3v) is 5.47. The van der Waals surface area contributed by atoms with E-state index in [4.69, 9.17) is 4.74 Å². The van der Waals surface area contributed by atoms with Crippen molar-refractivity contribution in [2.24, 2.45) is 0 Å². The molecule has 0 saturated carbocycles. The molecule has 0 spiro atoms. The van der Waals surface area contributed by atoms with Crippen LogP contribution in [0.5, 0.6) is 5.75 Å². The minimum atomic E-state index is -3.32. The van der Waals surface area contributed by atoms with Crippen LogP contribution < -0.4 is 9.04 Å². The highest BCUT2D eigenvalue weighted by Gasteiger charge is 2.22. The first-order valence-electron chi connectivity index (χ1n) is 8.72. The molecule has 0 aliphatic rings. The molecule has 2 aromatic carbocycles. The zero-order valence-corrected chi connectivity index (χ0v) is 16.9. The second kappa shape index (κ2) is 8.90. The van der Waals surface area contributed by atoms with Crippen LogP contribution in [0.15, 0.2) is 54.6 Å². The van der Waals surface area contributed by atoms with Gasteiger partial charge in [-0.15, -0.1) is 0 Å². The first kappa shape index (κ1) is 20.8. The van der Waals surface area contributed by atoms with Gasteiger partial charge in [0.25, 0.3) is 5.91 Å². The third-order valence-electron chi connectivity index (χ3n) is 4.26. The Morgan fingerprint density at radius 3 is 2.15 bits per heavy atom. The van der Waals surface area contributed by atoms with Crippen molar-refractivity contribution in [3.05, 3.63) is 60.2 Å². The molecule has 0 bridgehead atoms. The predicted molar refractivity (Wildman–Crippen MR) is 107 cm³/mol. The number of rotatable bonds is 8. The van der Waals surface area contributed by atoms with Crippen molar-refractivity contribution in [3.8, 4) is 5.75 Å². The van der Waals surface area contributed by atoms with Crippen molar-refractivity contribution >= 4 is 21.6 Å². The summed E-state index contributed by atoms with van der Waals surface area (Å²) < 4.78 is 30.2. The molecule has 27 heavy (non-hydrogen) atoms. The quantitative estimate of drug-likeness (QED) is 0.695. The fourth-order valence-corrected chi connectivity index (χ4v) is 3.08. The average Bonchev–Trinajstić information content (AvgIpc) is 2.65. The number of anilines is 1. The van der Waals surface area contributed by atoms with E-state index < -0.39 is 16.1 Å². The molecule has 0 fully saturated rings. The van der Waals surface area contributed by atoms with Gasteiger partial charge in [0, 0.05) is 20.6 Å². The molecule has 0 saturated heterocycles. The normalized spacial score (nSPS) is 12.3. The van der Waals surface area contributed by atoms with Crippen molar-refractivity contribution in [1.29, 1.82) is 0 Å². The molecular formula is C20H26N2O4S. The fourth-order valence-electron chi connectivity index (χ4n) is 2.58. The molecule has 0 aliphatic carbocycles. The number of amides is 1. The van der Waals surface area contributed by atoms with Gasteiger partial charge in [-0.25, -0.2) is 8.42 Å². The third kappa shape index (κ3) is 5.72. The van der Waals surface area contributed by atoms with Crippen LogP contribution in [0.4, 0.5) is 5.69 Å². The summed E-state index contributed by atoms with van der Waals surface area (Å²) in [5, 5.41) is 0. The second-order valence-corrected chi connectivity index (χ2v) is 8.43. The van der Waals surface area contributed by atoms with Crippen LogP contribution in [0.3, 0.4) is 0 Å². The number of sulfonamides is 1. The van der Waals surface area contributed by atoms with E-state index in [9.17, 15) is 13.2 Å². The van der Waals surface area contributed by atoms with E-state index in [0.717, 1.165) is 11.8 Å². The van der Waals surface area contributed by atoms with E-state index in [2.05, 4.69) is 0 Å². The monoisotopic (exact) mass is 390 g/mol. The molecule has 1 amide bonds. The van der Waals surface area contributed by atoms with Gasteiger partial charge in [0.2, 0.25) is 10.0 Å². The van der Waals surface area contributed by atoms with Gasteiger partial charge < -0.3 is 9.64 Å². The molecular weight excluding hydrogens is 364 g/mol. The SMILES string of the molecule is CC[C@@H](Oc1ccc(N(C)S(C)(=O)=O)cc1)C(=O)N(C)Cc1ccccc1. The average molecular weight is 391 g/mol. The maximum Gasteiger partial charge on any atom is 0.263 e. The van der Waals surface area contributed by atoms with Gasteiger partial charge in [-0.2, -0.15) is 0 Å². The maximum absolute atomic E-state index is 12.7. The molecule has 6 nitrogen and oxygen atoms in total. The molecule has 0 heterocycles. The van der Waals surface area contributed by atoms with Crippen LogP contribution >= 0.6 is 0 Å². The molecule has 0 aromatic heterocycles. The van der Waals surface area contributed by atoms with Crippen molar-refractivity contribution in [2.45, 2.75) is 26.0 Å². The number of carbonyl (C=O) groups excluding carboxylic acids is 1. The fraction of sp³-hybridized carbons (Fsp3) is 0.350. The lowest BCUT2D eigenvalue weighted by atomic mass is 10.2. The summed E-state index contributed by atoms with van der Waals surface area (Å²) in [4.78, 5) is 14.4. The van der Waals surface area contributed by atoms with Crippen molar-refractivity contribution in [3.63, 3.8) is 0 Å². The number of nitrogens with zero attached hydrogens (tertiary/aromatic N) is 2. The summed E-state index contributed by atoms with van der Waals surface area (Å²) in [5.74, 6) is 0.424. The summed E-state index contributed by atoms with van der Waals surface area (Å²) in [6.07, 6.45) is 1.08. The summed E-state index contributed by atoms with van der Waals surface area (Å²) in [6, 6.07) is 16.4. The van der Waals surface area contributed by atoms with Gasteiger partial charge >= 0.3 is 0 Å². The molecule has 0 N–H and O–H groups in total. The maximum atomic E-state index is 12.7. The standard InChI is InChI=1S/C20H26N2O4S/c1-5-19(20(23)21(2)15-16-9-7-6-8-10-16)26-18-13-11-17(12-14-18)22(3)27(4,24)25/h6-14,19H,5,15H2,1-4H3/t19-/m1/s1. The number of ether oxygens (including phenoxy) is 1. The molecule has 1 atom stereocenters. The van der Waals surface area contributed by atoms with Gasteiger partial charge in [0.05, 0.1) is 11.9 Å². The molecule has 2 aromatic rings. The lowest BCUT2D eigenvalue weighted by molar-refractivity contribution is -0.138. The zero-order valence-electron chi connectivity index (χ0n) is 16.1. The first-order chi connectivity index (χ1) is 12.7. The number of hydrogen-bond acceptors (Lipinski definition) is 4. The Kier molecular flexibility index (Phi) is 6.85. The Hall–Kier alpha value is -2.54. The van der Waals surface area contributed by atoms with E-state index >= 15 is 0 Å². The minimum absolute atomic E-state index is 0.0984. The van der Waals surface area contributed by atoms with Crippen LogP contribution in [0.1, 0.15) is 18.9 Å². The second-order valence-electron chi connectivity index (χ2n) is 6.42. The first-order valence-corrected chi connectivity index (χ1v) is 10.6. The Balaban J connectivity index is 2.04. The molecule has 0 radical (unpaired) electrons. The Bertz CT molecular complexity index is 851. The van der Waals surface area contributed by atoms with Crippen molar-refractivity contribution in [2.75, 3.05) is 24.7 Å². The number of hydrogen-bond donors (Lipinski definition) is 0. The zero-order chi connectivity index (χ0) is 20.0. The van der Waals surface area contributed by atoms with Crippen LogP contribution in [0.2, 0.25) is 0 Å². The summed E-state index contributed by atoms with van der Waals surface area (Å²) >= 11 is 0. The van der Waals surface area contributed by atoms with Gasteiger partial charge in [-0.3, -0.25) is 9.10 Å². The van der Waals surface area contributed by atoms with Crippen LogP contribution in [-0.2, 0) is 21.4 Å². The van der Waals surface area contributed by atoms with E-state index in [0.29, 0.717) is 24.4 Å². The van der Waals surface area contributed by atoms with E-state index in [-0.39, 0.29) is 5.91 Å². The minimum Gasteiger partial charge on any atom is -0.481 e. The molecule has 0 unspecified atom stereocenters. The summed E-state index contributed by atoms with van der Waals surface area (Å²) in [7, 11) is -0.0755. The van der Waals surface area contributed by atoms with Gasteiger partial charge in [0.1, 0.15) is 5.75 Å². The highest BCUT2D eigenvalue weighted by molar-refractivity contribution is 7.92. The van der Waals surface area contributed by atoms with Gasteiger partial charge in [-0.1, -0.05) is 37.3 Å². The summed E-state index contributed by atoms with van der Waals surface area (Å²) in [6.45, 7) is 2.41.